The highest BCUT2D eigenvalue weighted by molar-refractivity contribution is 7.36. The molecule has 0 N–H and O–H groups in total. The molecular weight excluding hydrogens is 203 g/mol. The van der Waals surface area contributed by atoms with Crippen molar-refractivity contribution in [2.45, 2.75) is 19.8 Å². The predicted octanol–water partition coefficient (Wildman–Crippen LogP) is 4.60. The lowest BCUT2D eigenvalue weighted by atomic mass is 10.2. The predicted molar refractivity (Wildman–Crippen MR) is 66.9 cm³/mol. The SMILES string of the molecule is CCCCOc1ccpc2ccccc12. The third-order valence-electron chi connectivity index (χ3n) is 2.36. The molecule has 0 radical (unpaired) electrons. The summed E-state index contributed by atoms with van der Waals surface area (Å²) in [5.41, 5.74) is 0. The lowest BCUT2D eigenvalue weighted by Crippen LogP contribution is -1.96. The molecule has 0 atom stereocenters. The highest BCUT2D eigenvalue weighted by atomic mass is 31.0. The van der Waals surface area contributed by atoms with Crippen LogP contribution in [0.2, 0.25) is 0 Å². The van der Waals surface area contributed by atoms with Gasteiger partial charge in [0.2, 0.25) is 0 Å². The van der Waals surface area contributed by atoms with Crippen LogP contribution in [0.25, 0.3) is 10.5 Å². The first-order valence-corrected chi connectivity index (χ1v) is 6.34. The van der Waals surface area contributed by atoms with Gasteiger partial charge in [-0.15, -0.1) is 0 Å². The normalized spacial score (nSPS) is 11.0. The summed E-state index contributed by atoms with van der Waals surface area (Å²) in [7, 11) is 1.27. The van der Waals surface area contributed by atoms with Crippen LogP contribution in [0.1, 0.15) is 19.8 Å². The van der Waals surface area contributed by atoms with Crippen molar-refractivity contribution >= 4 is 18.7 Å². The van der Waals surface area contributed by atoms with E-state index in [1.54, 1.807) is 0 Å². The van der Waals surface area contributed by atoms with Crippen molar-refractivity contribution < 1.29 is 4.74 Å². The van der Waals surface area contributed by atoms with Gasteiger partial charge in [-0.05, 0) is 24.4 Å². The van der Waals surface area contributed by atoms with E-state index in [2.05, 4.69) is 43.1 Å². The molecule has 0 amide bonds. The molecule has 2 rings (SSSR count). The maximum Gasteiger partial charge on any atom is 0.127 e. The summed E-state index contributed by atoms with van der Waals surface area (Å²) in [6.07, 6.45) is 2.30. The van der Waals surface area contributed by atoms with E-state index in [0.717, 1.165) is 18.8 Å². The van der Waals surface area contributed by atoms with Gasteiger partial charge in [0.25, 0.3) is 0 Å². The van der Waals surface area contributed by atoms with Crippen LogP contribution in [0.3, 0.4) is 0 Å². The molecule has 0 bridgehead atoms. The van der Waals surface area contributed by atoms with Crippen LogP contribution in [0.5, 0.6) is 5.75 Å². The van der Waals surface area contributed by atoms with Crippen LogP contribution in [-0.2, 0) is 0 Å². The Morgan fingerprint density at radius 2 is 2.07 bits per heavy atom. The first-order chi connectivity index (χ1) is 7.42. The van der Waals surface area contributed by atoms with Gasteiger partial charge < -0.3 is 4.74 Å². The number of hydrogen-bond acceptors (Lipinski definition) is 1. The standard InChI is InChI=1S/C13H15OP/c1-2-3-9-14-12-8-10-15-13-7-5-4-6-11(12)13/h4-8,10H,2-3,9H2,1H3. The summed E-state index contributed by atoms with van der Waals surface area (Å²) >= 11 is 0. The Labute approximate surface area is 92.2 Å². The van der Waals surface area contributed by atoms with E-state index in [1.807, 2.05) is 0 Å². The maximum absolute atomic E-state index is 5.78. The van der Waals surface area contributed by atoms with Gasteiger partial charge in [-0.2, -0.15) is 0 Å². The monoisotopic (exact) mass is 218 g/mol. The Morgan fingerprint density at radius 3 is 2.93 bits per heavy atom. The largest absolute Gasteiger partial charge is 0.493 e. The molecule has 2 heteroatoms. The van der Waals surface area contributed by atoms with E-state index >= 15 is 0 Å². The average molecular weight is 218 g/mol. The van der Waals surface area contributed by atoms with E-state index in [9.17, 15) is 0 Å². The third-order valence-corrected chi connectivity index (χ3v) is 3.33. The molecule has 0 saturated heterocycles. The van der Waals surface area contributed by atoms with Crippen LogP contribution in [0, 0.1) is 0 Å². The number of rotatable bonds is 4. The van der Waals surface area contributed by atoms with Gasteiger partial charge in [0.1, 0.15) is 5.75 Å². The fourth-order valence-electron chi connectivity index (χ4n) is 1.52. The van der Waals surface area contributed by atoms with Crippen LogP contribution in [0.15, 0.2) is 36.1 Å². The second-order valence-electron chi connectivity index (χ2n) is 3.53. The summed E-state index contributed by atoms with van der Waals surface area (Å²) in [6, 6.07) is 10.5. The Morgan fingerprint density at radius 1 is 1.20 bits per heavy atom. The first kappa shape index (κ1) is 10.4. The molecule has 1 heterocycles. The molecule has 0 saturated carbocycles. The van der Waals surface area contributed by atoms with Crippen molar-refractivity contribution in [3.63, 3.8) is 0 Å². The minimum atomic E-state index is 0.821. The highest BCUT2D eigenvalue weighted by Gasteiger charge is 2.00. The van der Waals surface area contributed by atoms with Crippen molar-refractivity contribution in [3.8, 4) is 5.75 Å². The summed E-state index contributed by atoms with van der Waals surface area (Å²) in [5.74, 6) is 3.17. The number of ether oxygens (including phenoxy) is 1. The van der Waals surface area contributed by atoms with Crippen molar-refractivity contribution in [2.24, 2.45) is 0 Å². The molecule has 2 aromatic rings. The molecule has 0 aliphatic heterocycles. The lowest BCUT2D eigenvalue weighted by molar-refractivity contribution is 0.313. The van der Waals surface area contributed by atoms with Crippen molar-refractivity contribution in [2.75, 3.05) is 6.61 Å². The smallest absolute Gasteiger partial charge is 0.127 e. The minimum Gasteiger partial charge on any atom is -0.493 e. The van der Waals surface area contributed by atoms with E-state index in [-0.39, 0.29) is 0 Å². The van der Waals surface area contributed by atoms with Crippen molar-refractivity contribution in [1.29, 1.82) is 0 Å². The molecule has 1 nitrogen and oxygen atoms in total. The Bertz CT molecular complexity index is 434. The Balaban J connectivity index is 2.26. The average Bonchev–Trinajstić information content (AvgIpc) is 2.30. The first-order valence-electron chi connectivity index (χ1n) is 5.38. The molecule has 0 aliphatic rings. The molecule has 0 fully saturated rings. The fourth-order valence-corrected chi connectivity index (χ4v) is 2.39. The molecule has 15 heavy (non-hydrogen) atoms. The second-order valence-corrected chi connectivity index (χ2v) is 4.57. The maximum atomic E-state index is 5.78. The summed E-state index contributed by atoms with van der Waals surface area (Å²) in [6.45, 7) is 3.00. The number of benzene rings is 1. The van der Waals surface area contributed by atoms with Gasteiger partial charge in [-0.1, -0.05) is 39.7 Å². The van der Waals surface area contributed by atoms with E-state index < -0.39 is 0 Å². The van der Waals surface area contributed by atoms with Crippen molar-refractivity contribution in [1.82, 2.24) is 0 Å². The topological polar surface area (TPSA) is 9.23 Å². The molecule has 0 unspecified atom stereocenters. The second kappa shape index (κ2) is 5.14. The molecule has 1 aromatic heterocycles. The Kier molecular flexibility index (Phi) is 3.58. The summed E-state index contributed by atoms with van der Waals surface area (Å²) < 4.78 is 5.78. The van der Waals surface area contributed by atoms with E-state index in [1.165, 1.54) is 25.1 Å². The van der Waals surface area contributed by atoms with Crippen LogP contribution < -0.4 is 4.74 Å². The minimum absolute atomic E-state index is 0.821. The van der Waals surface area contributed by atoms with Crippen LogP contribution in [0.4, 0.5) is 0 Å². The molecule has 78 valence electrons. The highest BCUT2D eigenvalue weighted by Crippen LogP contribution is 2.31. The quantitative estimate of drug-likeness (QED) is 0.681. The molecule has 1 aromatic carbocycles. The zero-order chi connectivity index (χ0) is 10.5. The number of unbranched alkanes of at least 4 members (excludes halogenated alkanes) is 1. The van der Waals surface area contributed by atoms with Gasteiger partial charge in [-0.3, -0.25) is 0 Å². The van der Waals surface area contributed by atoms with Gasteiger partial charge in [0.15, 0.2) is 0 Å². The van der Waals surface area contributed by atoms with E-state index in [0.29, 0.717) is 0 Å². The van der Waals surface area contributed by atoms with E-state index in [4.69, 9.17) is 4.74 Å². The summed E-state index contributed by atoms with van der Waals surface area (Å²) in [4.78, 5) is 0. The van der Waals surface area contributed by atoms with Crippen LogP contribution >= 0.6 is 8.19 Å². The van der Waals surface area contributed by atoms with Gasteiger partial charge in [0, 0.05) is 10.5 Å². The van der Waals surface area contributed by atoms with Gasteiger partial charge in [-0.25, -0.2) is 0 Å². The fraction of sp³-hybridized carbons (Fsp3) is 0.308. The molecule has 0 aliphatic carbocycles. The zero-order valence-corrected chi connectivity index (χ0v) is 9.84. The number of fused-ring (bicyclic) bond motifs is 1. The van der Waals surface area contributed by atoms with Gasteiger partial charge >= 0.3 is 0 Å². The van der Waals surface area contributed by atoms with Gasteiger partial charge in [0.05, 0.1) is 6.61 Å². The van der Waals surface area contributed by atoms with Crippen LogP contribution in [-0.4, -0.2) is 6.61 Å². The van der Waals surface area contributed by atoms with Crippen molar-refractivity contribution in [3.05, 3.63) is 36.1 Å². The third kappa shape index (κ3) is 2.49. The zero-order valence-electron chi connectivity index (χ0n) is 8.94. The molecule has 0 spiro atoms. The molecular formula is C13H15OP. The number of hydrogen-bond donors (Lipinski definition) is 0. The lowest BCUT2D eigenvalue weighted by Gasteiger charge is -2.07. The Hall–Kier alpha value is -1.07. The summed E-state index contributed by atoms with van der Waals surface area (Å²) in [5, 5.41) is 2.59.